The molecule has 0 radical (unpaired) electrons. The molecule has 0 unspecified atom stereocenters. The molecule has 0 atom stereocenters. The Morgan fingerprint density at radius 1 is 1.26 bits per heavy atom. The predicted octanol–water partition coefficient (Wildman–Crippen LogP) is 1.63. The van der Waals surface area contributed by atoms with Gasteiger partial charge in [-0.15, -0.1) is 0 Å². The normalized spacial score (nSPS) is 10.5. The molecule has 106 valence electrons. The Balaban J connectivity index is 2.67. The molecule has 0 fully saturated rings. The van der Waals surface area contributed by atoms with Crippen LogP contribution in [0.4, 0.5) is 17.1 Å². The number of hydrogen-bond acceptors (Lipinski definition) is 6. The lowest BCUT2D eigenvalue weighted by Gasteiger charge is -2.18. The summed E-state index contributed by atoms with van der Waals surface area (Å²) < 4.78 is 0. The highest BCUT2D eigenvalue weighted by Gasteiger charge is 2.09. The first-order valence-corrected chi connectivity index (χ1v) is 6.33. The van der Waals surface area contributed by atoms with E-state index in [1.807, 2.05) is 0 Å². The zero-order valence-electron chi connectivity index (χ0n) is 11.3. The molecule has 0 aromatic heterocycles. The highest BCUT2D eigenvalue weighted by Crippen LogP contribution is 2.23. The summed E-state index contributed by atoms with van der Waals surface area (Å²) in [5.74, 6) is 5.30. The first-order chi connectivity index (χ1) is 9.10. The van der Waals surface area contributed by atoms with Crippen LogP contribution in [0.1, 0.15) is 13.8 Å². The summed E-state index contributed by atoms with van der Waals surface area (Å²) in [5.41, 5.74) is 3.65. The maximum absolute atomic E-state index is 10.8. The summed E-state index contributed by atoms with van der Waals surface area (Å²) in [4.78, 5) is 12.6. The average Bonchev–Trinajstić information content (AvgIpc) is 2.43. The van der Waals surface area contributed by atoms with Gasteiger partial charge in [0.2, 0.25) is 0 Å². The highest BCUT2D eigenvalue weighted by atomic mass is 16.6. The molecule has 7 heteroatoms. The fourth-order valence-electron chi connectivity index (χ4n) is 1.80. The number of non-ortho nitro benzene ring substituents is 1. The van der Waals surface area contributed by atoms with Gasteiger partial charge in [-0.05, 0) is 19.2 Å². The lowest BCUT2D eigenvalue weighted by Crippen LogP contribution is -2.28. The van der Waals surface area contributed by atoms with Crippen LogP contribution in [0.25, 0.3) is 0 Å². The molecule has 4 N–H and O–H groups in total. The van der Waals surface area contributed by atoms with Gasteiger partial charge in [-0.2, -0.15) is 0 Å². The van der Waals surface area contributed by atoms with Crippen molar-refractivity contribution in [1.29, 1.82) is 0 Å². The summed E-state index contributed by atoms with van der Waals surface area (Å²) in [6, 6.07) is 4.65. The van der Waals surface area contributed by atoms with Crippen molar-refractivity contribution in [2.75, 3.05) is 36.9 Å². The van der Waals surface area contributed by atoms with Crippen LogP contribution in [0.2, 0.25) is 0 Å². The largest absolute Gasteiger partial charge is 0.383 e. The van der Waals surface area contributed by atoms with Crippen LogP contribution in [-0.2, 0) is 0 Å². The Bertz CT molecular complexity index is 421. The van der Waals surface area contributed by atoms with Crippen LogP contribution in [0, 0.1) is 10.1 Å². The first kappa shape index (κ1) is 15.2. The average molecular weight is 267 g/mol. The minimum Gasteiger partial charge on any atom is -0.383 e. The van der Waals surface area contributed by atoms with E-state index in [1.54, 1.807) is 6.07 Å². The summed E-state index contributed by atoms with van der Waals surface area (Å²) in [5, 5.41) is 14.0. The van der Waals surface area contributed by atoms with Gasteiger partial charge in [0, 0.05) is 30.9 Å². The summed E-state index contributed by atoms with van der Waals surface area (Å²) in [6.45, 7) is 7.81. The number of nitrogens with two attached hydrogens (primary N) is 1. The van der Waals surface area contributed by atoms with Crippen LogP contribution in [0.3, 0.4) is 0 Å². The molecule has 0 aliphatic rings. The number of hydrogen-bond donors (Lipinski definition) is 3. The Morgan fingerprint density at radius 2 is 1.89 bits per heavy atom. The molecule has 0 heterocycles. The van der Waals surface area contributed by atoms with Crippen LogP contribution < -0.4 is 16.6 Å². The molecule has 19 heavy (non-hydrogen) atoms. The van der Waals surface area contributed by atoms with E-state index in [0.29, 0.717) is 11.4 Å². The third kappa shape index (κ3) is 4.72. The molecule has 0 saturated carbocycles. The molecule has 1 rings (SSSR count). The van der Waals surface area contributed by atoms with Crippen LogP contribution in [0.15, 0.2) is 18.2 Å². The van der Waals surface area contributed by atoms with E-state index in [4.69, 9.17) is 5.84 Å². The predicted molar refractivity (Wildman–Crippen MR) is 77.2 cm³/mol. The third-order valence-electron chi connectivity index (χ3n) is 2.95. The maximum atomic E-state index is 10.8. The van der Waals surface area contributed by atoms with Gasteiger partial charge in [0.05, 0.1) is 10.6 Å². The molecule has 1 aromatic rings. The Labute approximate surface area is 112 Å². The van der Waals surface area contributed by atoms with Gasteiger partial charge in [-0.1, -0.05) is 13.8 Å². The number of hydrazine groups is 1. The Hall–Kier alpha value is -1.86. The van der Waals surface area contributed by atoms with E-state index in [1.165, 1.54) is 12.1 Å². The Morgan fingerprint density at radius 3 is 2.42 bits per heavy atom. The van der Waals surface area contributed by atoms with E-state index in [0.717, 1.165) is 26.2 Å². The highest BCUT2D eigenvalue weighted by molar-refractivity contribution is 5.63. The van der Waals surface area contributed by atoms with Gasteiger partial charge < -0.3 is 15.6 Å². The number of rotatable bonds is 8. The molecule has 0 bridgehead atoms. The van der Waals surface area contributed by atoms with Crippen molar-refractivity contribution < 1.29 is 4.92 Å². The van der Waals surface area contributed by atoms with Gasteiger partial charge in [0.25, 0.3) is 5.69 Å². The fraction of sp³-hybridized carbons (Fsp3) is 0.500. The van der Waals surface area contributed by atoms with Gasteiger partial charge >= 0.3 is 0 Å². The van der Waals surface area contributed by atoms with Crippen LogP contribution in [0.5, 0.6) is 0 Å². The molecular formula is C12H21N5O2. The lowest BCUT2D eigenvalue weighted by atomic mass is 10.2. The molecule has 0 spiro atoms. The minimum absolute atomic E-state index is 0.0146. The smallest absolute Gasteiger partial charge is 0.273 e. The van der Waals surface area contributed by atoms with E-state index < -0.39 is 4.92 Å². The summed E-state index contributed by atoms with van der Waals surface area (Å²) in [7, 11) is 0. The number of anilines is 2. The van der Waals surface area contributed by atoms with Crippen molar-refractivity contribution in [1.82, 2.24) is 4.90 Å². The fourth-order valence-corrected chi connectivity index (χ4v) is 1.80. The number of likely N-dealkylation sites (N-methyl/N-ethyl adjacent to an activating group) is 1. The minimum atomic E-state index is -0.434. The van der Waals surface area contributed by atoms with Crippen molar-refractivity contribution in [3.63, 3.8) is 0 Å². The topological polar surface area (TPSA) is 96.5 Å². The van der Waals surface area contributed by atoms with Crippen LogP contribution in [-0.4, -0.2) is 36.0 Å². The van der Waals surface area contributed by atoms with Crippen molar-refractivity contribution in [2.45, 2.75) is 13.8 Å². The molecule has 7 nitrogen and oxygen atoms in total. The number of nitro groups is 1. The van der Waals surface area contributed by atoms with Crippen molar-refractivity contribution in [3.8, 4) is 0 Å². The number of nitrogens with one attached hydrogen (secondary N) is 2. The number of nitrogens with zero attached hydrogens (tertiary/aromatic N) is 2. The second-order valence-corrected chi connectivity index (χ2v) is 4.12. The zero-order chi connectivity index (χ0) is 14.3. The van der Waals surface area contributed by atoms with Crippen molar-refractivity contribution >= 4 is 17.1 Å². The molecule has 1 aromatic carbocycles. The lowest BCUT2D eigenvalue weighted by molar-refractivity contribution is -0.384. The first-order valence-electron chi connectivity index (χ1n) is 6.33. The van der Waals surface area contributed by atoms with Crippen molar-refractivity contribution in [2.24, 2.45) is 5.84 Å². The van der Waals surface area contributed by atoms with Gasteiger partial charge in [0.15, 0.2) is 0 Å². The van der Waals surface area contributed by atoms with E-state index in [9.17, 15) is 10.1 Å². The quantitative estimate of drug-likeness (QED) is 0.376. The third-order valence-corrected chi connectivity index (χ3v) is 2.95. The molecular weight excluding hydrogens is 246 g/mol. The SMILES string of the molecule is CCN(CC)CCNc1cc(NN)cc([N+](=O)[O-])c1. The second-order valence-electron chi connectivity index (χ2n) is 4.12. The van der Waals surface area contributed by atoms with Gasteiger partial charge in [0.1, 0.15) is 0 Å². The number of nitro benzene ring substituents is 1. The molecule has 0 aliphatic carbocycles. The van der Waals surface area contributed by atoms with Crippen LogP contribution >= 0.6 is 0 Å². The summed E-state index contributed by atoms with van der Waals surface area (Å²) in [6.07, 6.45) is 0. The zero-order valence-corrected chi connectivity index (χ0v) is 11.3. The van der Waals surface area contributed by atoms with E-state index in [2.05, 4.69) is 29.5 Å². The second kappa shape index (κ2) is 7.55. The maximum Gasteiger partial charge on any atom is 0.273 e. The number of nitrogen functional groups attached to an aromatic ring is 1. The summed E-state index contributed by atoms with van der Waals surface area (Å²) >= 11 is 0. The van der Waals surface area contributed by atoms with E-state index >= 15 is 0 Å². The standard InChI is InChI=1S/C12H21N5O2/c1-3-16(4-2)6-5-14-10-7-11(15-13)9-12(8-10)17(18)19/h7-9,14-15H,3-6,13H2,1-2H3. The van der Waals surface area contributed by atoms with Gasteiger partial charge in [-0.3, -0.25) is 16.0 Å². The van der Waals surface area contributed by atoms with Crippen molar-refractivity contribution in [3.05, 3.63) is 28.3 Å². The van der Waals surface area contributed by atoms with E-state index in [-0.39, 0.29) is 5.69 Å². The molecule has 0 amide bonds. The van der Waals surface area contributed by atoms with Gasteiger partial charge in [-0.25, -0.2) is 0 Å². The number of benzene rings is 1. The monoisotopic (exact) mass is 267 g/mol. The Kier molecular flexibility index (Phi) is 6.04. The molecule has 0 aliphatic heterocycles. The molecule has 0 saturated heterocycles.